The Bertz CT molecular complexity index is 1170. The van der Waals surface area contributed by atoms with Gasteiger partial charge in [-0.3, -0.25) is 14.6 Å². The van der Waals surface area contributed by atoms with E-state index in [0.29, 0.717) is 12.0 Å². The molecule has 1 unspecified atom stereocenters. The molecule has 0 spiro atoms. The van der Waals surface area contributed by atoms with Crippen molar-refractivity contribution in [3.8, 4) is 0 Å². The first kappa shape index (κ1) is 19.2. The van der Waals surface area contributed by atoms with Crippen LogP contribution < -0.4 is 5.32 Å². The predicted octanol–water partition coefficient (Wildman–Crippen LogP) is 3.45. The maximum atomic E-state index is 13.0. The Morgan fingerprint density at radius 3 is 2.84 bits per heavy atom. The molecule has 1 aliphatic carbocycles. The van der Waals surface area contributed by atoms with E-state index in [-0.39, 0.29) is 11.9 Å². The maximum Gasteiger partial charge on any atom is 0.251 e. The summed E-state index contributed by atoms with van der Waals surface area (Å²) in [6.45, 7) is 0.751. The fourth-order valence-corrected chi connectivity index (χ4v) is 4.23. The highest BCUT2D eigenvalue weighted by molar-refractivity contribution is 5.94. The lowest BCUT2D eigenvalue weighted by atomic mass is 9.92. The Kier molecular flexibility index (Phi) is 5.31. The van der Waals surface area contributed by atoms with Crippen LogP contribution in [0.1, 0.15) is 57.5 Å². The average Bonchev–Trinajstić information content (AvgIpc) is 3.45. The van der Waals surface area contributed by atoms with E-state index in [9.17, 15) is 4.79 Å². The van der Waals surface area contributed by atoms with Crippen molar-refractivity contribution in [2.24, 2.45) is 0 Å². The van der Waals surface area contributed by atoms with E-state index < -0.39 is 0 Å². The van der Waals surface area contributed by atoms with Crippen LogP contribution in [0.25, 0.3) is 0 Å². The summed E-state index contributed by atoms with van der Waals surface area (Å²) >= 11 is 0. The molecule has 31 heavy (non-hydrogen) atoms. The van der Waals surface area contributed by atoms with Crippen LogP contribution in [0, 0.1) is 0 Å². The van der Waals surface area contributed by atoms with Gasteiger partial charge in [-0.05, 0) is 42.5 Å². The van der Waals surface area contributed by atoms with Gasteiger partial charge < -0.3 is 5.32 Å². The minimum absolute atomic E-state index is 0.0151. The molecular formula is C24H24N6O. The fourth-order valence-electron chi connectivity index (χ4n) is 4.23. The lowest BCUT2D eigenvalue weighted by molar-refractivity contribution is 0.0932. The molecule has 0 bridgehead atoms. The third-order valence-corrected chi connectivity index (χ3v) is 5.77. The molecule has 1 amide bonds. The van der Waals surface area contributed by atoms with E-state index in [0.717, 1.165) is 42.8 Å². The van der Waals surface area contributed by atoms with Gasteiger partial charge in [0.25, 0.3) is 5.91 Å². The first-order valence-electron chi connectivity index (χ1n) is 10.6. The molecule has 7 heteroatoms. The maximum absolute atomic E-state index is 13.0. The first-order chi connectivity index (χ1) is 15.3. The minimum Gasteiger partial charge on any atom is -0.345 e. The molecular weight excluding hydrogens is 388 g/mol. The third-order valence-electron chi connectivity index (χ3n) is 5.77. The predicted molar refractivity (Wildman–Crippen MR) is 117 cm³/mol. The number of amides is 1. The third kappa shape index (κ3) is 4.26. The van der Waals surface area contributed by atoms with E-state index in [1.807, 2.05) is 48.7 Å². The van der Waals surface area contributed by atoms with Crippen molar-refractivity contribution in [3.05, 3.63) is 101 Å². The van der Waals surface area contributed by atoms with Crippen molar-refractivity contribution in [2.75, 3.05) is 0 Å². The van der Waals surface area contributed by atoms with Crippen molar-refractivity contribution in [2.45, 2.75) is 38.3 Å². The molecule has 0 radical (unpaired) electrons. The monoisotopic (exact) mass is 412 g/mol. The van der Waals surface area contributed by atoms with Crippen LogP contribution in [-0.2, 0) is 19.4 Å². The summed E-state index contributed by atoms with van der Waals surface area (Å²) in [7, 11) is 0. The number of nitrogens with zero attached hydrogens (tertiary/aromatic N) is 4. The number of aromatic amines is 1. The van der Waals surface area contributed by atoms with E-state index in [1.54, 1.807) is 0 Å². The van der Waals surface area contributed by atoms with Crippen LogP contribution in [0.4, 0.5) is 0 Å². The number of benzene rings is 2. The SMILES string of the molecule is O=C(NC1CCCc2c1cnn2Cc1ccccc1)c1cccc(Cc2ncn[nH]2)c1. The van der Waals surface area contributed by atoms with E-state index in [2.05, 4.69) is 42.4 Å². The quantitative estimate of drug-likeness (QED) is 0.508. The van der Waals surface area contributed by atoms with Gasteiger partial charge in [-0.15, -0.1) is 0 Å². The summed E-state index contributed by atoms with van der Waals surface area (Å²) < 4.78 is 2.07. The van der Waals surface area contributed by atoms with Crippen molar-refractivity contribution in [1.29, 1.82) is 0 Å². The molecule has 2 aromatic carbocycles. The van der Waals surface area contributed by atoms with Gasteiger partial charge in [0.05, 0.1) is 18.8 Å². The highest BCUT2D eigenvalue weighted by Crippen LogP contribution is 2.30. The molecule has 2 heterocycles. The largest absolute Gasteiger partial charge is 0.345 e. The molecule has 4 aromatic rings. The molecule has 0 aliphatic heterocycles. The summed E-state index contributed by atoms with van der Waals surface area (Å²) in [4.78, 5) is 17.2. The fraction of sp³-hybridized carbons (Fsp3) is 0.250. The van der Waals surface area contributed by atoms with Crippen LogP contribution >= 0.6 is 0 Å². The van der Waals surface area contributed by atoms with Crippen LogP contribution in [-0.4, -0.2) is 30.9 Å². The second kappa shape index (κ2) is 8.55. The smallest absolute Gasteiger partial charge is 0.251 e. The number of aromatic nitrogens is 5. The van der Waals surface area contributed by atoms with Gasteiger partial charge in [-0.25, -0.2) is 4.98 Å². The average molecular weight is 412 g/mol. The summed E-state index contributed by atoms with van der Waals surface area (Å²) in [5.41, 5.74) is 5.25. The molecule has 0 saturated carbocycles. The van der Waals surface area contributed by atoms with Gasteiger partial charge in [0, 0.05) is 23.2 Å². The molecule has 5 rings (SSSR count). The number of hydrogen-bond acceptors (Lipinski definition) is 4. The Morgan fingerprint density at radius 1 is 1.13 bits per heavy atom. The zero-order chi connectivity index (χ0) is 21.0. The number of nitrogens with one attached hydrogen (secondary N) is 2. The van der Waals surface area contributed by atoms with Gasteiger partial charge in [0.2, 0.25) is 0 Å². The number of hydrogen-bond donors (Lipinski definition) is 2. The molecule has 0 fully saturated rings. The van der Waals surface area contributed by atoms with Crippen molar-refractivity contribution < 1.29 is 4.79 Å². The Labute approximate surface area is 180 Å². The first-order valence-corrected chi connectivity index (χ1v) is 10.6. The summed E-state index contributed by atoms with van der Waals surface area (Å²) in [6, 6.07) is 18.0. The van der Waals surface area contributed by atoms with Gasteiger partial charge in [-0.2, -0.15) is 10.2 Å². The molecule has 1 atom stereocenters. The standard InChI is InChI=1S/C24H24N6O/c31-24(19-9-4-8-18(12-19)13-23-25-16-26-29-23)28-21-10-5-11-22-20(21)14-27-30(22)15-17-6-2-1-3-7-17/h1-4,6-9,12,14,16,21H,5,10-11,13,15H2,(H,28,31)(H,25,26,29). The molecule has 156 valence electrons. The van der Waals surface area contributed by atoms with Crippen molar-refractivity contribution >= 4 is 5.91 Å². The van der Waals surface area contributed by atoms with Crippen molar-refractivity contribution in [1.82, 2.24) is 30.3 Å². The van der Waals surface area contributed by atoms with E-state index in [4.69, 9.17) is 0 Å². The zero-order valence-electron chi connectivity index (χ0n) is 17.2. The topological polar surface area (TPSA) is 88.5 Å². The van der Waals surface area contributed by atoms with Gasteiger partial charge >= 0.3 is 0 Å². The van der Waals surface area contributed by atoms with E-state index >= 15 is 0 Å². The number of carbonyl (C=O) groups excluding carboxylic acids is 1. The Balaban J connectivity index is 1.31. The second-order valence-electron chi connectivity index (χ2n) is 7.92. The van der Waals surface area contributed by atoms with Gasteiger partial charge in [0.1, 0.15) is 12.2 Å². The molecule has 1 aliphatic rings. The minimum atomic E-state index is -0.0620. The van der Waals surface area contributed by atoms with E-state index in [1.165, 1.54) is 17.6 Å². The number of H-pyrrole nitrogens is 1. The number of fused-ring (bicyclic) bond motifs is 1. The molecule has 2 aromatic heterocycles. The lowest BCUT2D eigenvalue weighted by Crippen LogP contribution is -2.31. The van der Waals surface area contributed by atoms with Crippen LogP contribution in [0.15, 0.2) is 67.1 Å². The van der Waals surface area contributed by atoms with Crippen LogP contribution in [0.5, 0.6) is 0 Å². The molecule has 7 nitrogen and oxygen atoms in total. The highest BCUT2D eigenvalue weighted by atomic mass is 16.1. The Hall–Kier alpha value is -3.74. The van der Waals surface area contributed by atoms with Gasteiger partial charge in [-0.1, -0.05) is 42.5 Å². The van der Waals surface area contributed by atoms with Gasteiger partial charge in [0.15, 0.2) is 0 Å². The summed E-state index contributed by atoms with van der Waals surface area (Å²) in [5, 5.41) is 14.6. The number of rotatable bonds is 6. The Morgan fingerprint density at radius 2 is 2.00 bits per heavy atom. The number of carbonyl (C=O) groups is 1. The van der Waals surface area contributed by atoms with Crippen LogP contribution in [0.2, 0.25) is 0 Å². The summed E-state index contributed by atoms with van der Waals surface area (Å²) in [5.74, 6) is 0.716. The zero-order valence-corrected chi connectivity index (χ0v) is 17.2. The second-order valence-corrected chi connectivity index (χ2v) is 7.92. The molecule has 2 N–H and O–H groups in total. The lowest BCUT2D eigenvalue weighted by Gasteiger charge is -2.24. The van der Waals surface area contributed by atoms with Crippen molar-refractivity contribution in [3.63, 3.8) is 0 Å². The molecule has 0 saturated heterocycles. The normalized spacial score (nSPS) is 15.4. The highest BCUT2D eigenvalue weighted by Gasteiger charge is 2.26. The van der Waals surface area contributed by atoms with Crippen LogP contribution in [0.3, 0.4) is 0 Å². The summed E-state index contributed by atoms with van der Waals surface area (Å²) in [6.07, 6.45) is 6.97.